The standard InChI is InChI=1S/C19H20ClN3O2/c1-11-16(13(3)23-19(25)17(11)10-21)8-9-18(24)22-12(2)14-4-6-15(20)7-5-14/h4-7,12H,8-9H2,1-3H3,(H,22,24)(H,23,25). The minimum absolute atomic E-state index is 0.0917. The molecular weight excluding hydrogens is 338 g/mol. The second-order valence-corrected chi connectivity index (χ2v) is 6.45. The van der Waals surface area contributed by atoms with Crippen molar-refractivity contribution < 1.29 is 4.79 Å². The first kappa shape index (κ1) is 18.8. The fourth-order valence-electron chi connectivity index (χ4n) is 2.81. The number of aromatic nitrogens is 1. The van der Waals surface area contributed by atoms with E-state index in [9.17, 15) is 9.59 Å². The molecule has 1 aromatic heterocycles. The third-order valence-corrected chi connectivity index (χ3v) is 4.52. The number of aromatic amines is 1. The lowest BCUT2D eigenvalue weighted by Crippen LogP contribution is -2.27. The Morgan fingerprint density at radius 2 is 1.96 bits per heavy atom. The van der Waals surface area contributed by atoms with Gasteiger partial charge in [0.15, 0.2) is 0 Å². The lowest BCUT2D eigenvalue weighted by Gasteiger charge is -2.15. The number of carbonyl (C=O) groups excluding carboxylic acids is 1. The molecule has 0 aliphatic carbocycles. The number of nitriles is 1. The number of pyridine rings is 1. The molecule has 0 radical (unpaired) electrons. The highest BCUT2D eigenvalue weighted by atomic mass is 35.5. The maximum Gasteiger partial charge on any atom is 0.266 e. The second kappa shape index (κ2) is 8.00. The first-order chi connectivity index (χ1) is 11.8. The lowest BCUT2D eigenvalue weighted by atomic mass is 9.99. The maximum atomic E-state index is 12.2. The predicted molar refractivity (Wildman–Crippen MR) is 97.6 cm³/mol. The van der Waals surface area contributed by atoms with Gasteiger partial charge in [0, 0.05) is 17.1 Å². The fourth-order valence-corrected chi connectivity index (χ4v) is 2.93. The summed E-state index contributed by atoms with van der Waals surface area (Å²) in [6.07, 6.45) is 0.735. The summed E-state index contributed by atoms with van der Waals surface area (Å²) in [5.41, 5.74) is 2.87. The molecule has 0 fully saturated rings. The van der Waals surface area contributed by atoms with Gasteiger partial charge < -0.3 is 10.3 Å². The highest BCUT2D eigenvalue weighted by Gasteiger charge is 2.14. The van der Waals surface area contributed by atoms with E-state index in [1.165, 1.54) is 0 Å². The Morgan fingerprint density at radius 1 is 1.32 bits per heavy atom. The minimum atomic E-state index is -0.387. The molecule has 130 valence electrons. The van der Waals surface area contributed by atoms with Gasteiger partial charge in [0.2, 0.25) is 5.91 Å². The first-order valence-electron chi connectivity index (χ1n) is 8.00. The number of benzene rings is 1. The van der Waals surface area contributed by atoms with Crippen molar-refractivity contribution in [2.75, 3.05) is 0 Å². The number of rotatable bonds is 5. The number of H-pyrrole nitrogens is 1. The molecule has 1 amide bonds. The molecule has 2 aromatic rings. The van der Waals surface area contributed by atoms with Crippen LogP contribution in [-0.2, 0) is 11.2 Å². The van der Waals surface area contributed by atoms with E-state index < -0.39 is 0 Å². The predicted octanol–water partition coefficient (Wildman–Crippen LogP) is 3.33. The van der Waals surface area contributed by atoms with Crippen LogP contribution in [0.1, 0.15) is 47.3 Å². The van der Waals surface area contributed by atoms with Crippen molar-refractivity contribution in [3.05, 3.63) is 67.6 Å². The Labute approximate surface area is 151 Å². The summed E-state index contributed by atoms with van der Waals surface area (Å²) in [5.74, 6) is -0.0917. The van der Waals surface area contributed by atoms with Crippen molar-refractivity contribution in [1.29, 1.82) is 5.26 Å². The molecule has 1 unspecified atom stereocenters. The summed E-state index contributed by atoms with van der Waals surface area (Å²) >= 11 is 5.87. The van der Waals surface area contributed by atoms with Crippen LogP contribution in [0.5, 0.6) is 0 Å². The average Bonchev–Trinajstić information content (AvgIpc) is 2.55. The Hall–Kier alpha value is -2.58. The smallest absolute Gasteiger partial charge is 0.266 e. The van der Waals surface area contributed by atoms with Crippen LogP contribution < -0.4 is 10.9 Å². The second-order valence-electron chi connectivity index (χ2n) is 6.01. The molecule has 1 heterocycles. The number of hydrogen-bond acceptors (Lipinski definition) is 3. The van der Waals surface area contributed by atoms with Gasteiger partial charge in [-0.1, -0.05) is 23.7 Å². The zero-order valence-electron chi connectivity index (χ0n) is 14.4. The third-order valence-electron chi connectivity index (χ3n) is 4.27. The third kappa shape index (κ3) is 4.49. The summed E-state index contributed by atoms with van der Waals surface area (Å²) in [7, 11) is 0. The fraction of sp³-hybridized carbons (Fsp3) is 0.316. The van der Waals surface area contributed by atoms with Gasteiger partial charge in [-0.05, 0) is 56.0 Å². The van der Waals surface area contributed by atoms with Crippen molar-refractivity contribution in [3.63, 3.8) is 0 Å². The van der Waals surface area contributed by atoms with E-state index in [-0.39, 0.29) is 29.5 Å². The molecule has 0 saturated carbocycles. The number of amides is 1. The van der Waals surface area contributed by atoms with Crippen molar-refractivity contribution >= 4 is 17.5 Å². The van der Waals surface area contributed by atoms with Gasteiger partial charge in [-0.2, -0.15) is 5.26 Å². The van der Waals surface area contributed by atoms with Gasteiger partial charge in [0.25, 0.3) is 5.56 Å². The summed E-state index contributed by atoms with van der Waals surface area (Å²) in [6, 6.07) is 9.13. The monoisotopic (exact) mass is 357 g/mol. The van der Waals surface area contributed by atoms with Crippen LogP contribution in [0.25, 0.3) is 0 Å². The number of nitrogens with zero attached hydrogens (tertiary/aromatic N) is 1. The molecule has 0 spiro atoms. The van der Waals surface area contributed by atoms with E-state index in [1.807, 2.05) is 25.1 Å². The van der Waals surface area contributed by atoms with Crippen LogP contribution in [0.15, 0.2) is 29.1 Å². The largest absolute Gasteiger partial charge is 0.350 e. The Bertz CT molecular complexity index is 879. The quantitative estimate of drug-likeness (QED) is 0.860. The minimum Gasteiger partial charge on any atom is -0.350 e. The molecule has 0 bridgehead atoms. The lowest BCUT2D eigenvalue weighted by molar-refractivity contribution is -0.121. The Morgan fingerprint density at radius 3 is 2.56 bits per heavy atom. The number of carbonyl (C=O) groups is 1. The van der Waals surface area contributed by atoms with E-state index in [0.29, 0.717) is 22.7 Å². The van der Waals surface area contributed by atoms with Crippen LogP contribution >= 0.6 is 11.6 Å². The molecule has 25 heavy (non-hydrogen) atoms. The molecular formula is C19H20ClN3O2. The summed E-state index contributed by atoms with van der Waals surface area (Å²) in [4.78, 5) is 26.7. The average molecular weight is 358 g/mol. The highest BCUT2D eigenvalue weighted by molar-refractivity contribution is 6.30. The molecule has 6 heteroatoms. The molecule has 0 saturated heterocycles. The SMILES string of the molecule is Cc1[nH]c(=O)c(C#N)c(C)c1CCC(=O)NC(C)c1ccc(Cl)cc1. The van der Waals surface area contributed by atoms with Crippen LogP contribution in [-0.4, -0.2) is 10.9 Å². The molecule has 0 aliphatic rings. The van der Waals surface area contributed by atoms with Gasteiger partial charge in [0.05, 0.1) is 6.04 Å². The van der Waals surface area contributed by atoms with Crippen molar-refractivity contribution in [2.45, 2.75) is 39.7 Å². The molecule has 1 aromatic carbocycles. The van der Waals surface area contributed by atoms with E-state index in [0.717, 1.165) is 11.1 Å². The molecule has 1 atom stereocenters. The maximum absolute atomic E-state index is 12.2. The summed E-state index contributed by atoms with van der Waals surface area (Å²) in [6.45, 7) is 5.43. The van der Waals surface area contributed by atoms with Crippen molar-refractivity contribution in [2.24, 2.45) is 0 Å². The van der Waals surface area contributed by atoms with Gasteiger partial charge in [-0.25, -0.2) is 0 Å². The van der Waals surface area contributed by atoms with E-state index >= 15 is 0 Å². The molecule has 5 nitrogen and oxygen atoms in total. The molecule has 2 N–H and O–H groups in total. The zero-order chi connectivity index (χ0) is 18.6. The van der Waals surface area contributed by atoms with Gasteiger partial charge in [-0.15, -0.1) is 0 Å². The number of hydrogen-bond donors (Lipinski definition) is 2. The van der Waals surface area contributed by atoms with Crippen LogP contribution in [0.2, 0.25) is 5.02 Å². The van der Waals surface area contributed by atoms with Gasteiger partial charge in [-0.3, -0.25) is 9.59 Å². The summed E-state index contributed by atoms with van der Waals surface area (Å²) < 4.78 is 0. The number of aryl methyl sites for hydroxylation is 1. The van der Waals surface area contributed by atoms with Crippen molar-refractivity contribution in [3.8, 4) is 6.07 Å². The number of halogens is 1. The van der Waals surface area contributed by atoms with E-state index in [2.05, 4.69) is 10.3 Å². The first-order valence-corrected chi connectivity index (χ1v) is 8.38. The summed E-state index contributed by atoms with van der Waals surface area (Å²) in [5, 5.41) is 12.7. The zero-order valence-corrected chi connectivity index (χ0v) is 15.2. The van der Waals surface area contributed by atoms with Gasteiger partial charge >= 0.3 is 0 Å². The van der Waals surface area contributed by atoms with E-state index in [1.54, 1.807) is 26.0 Å². The van der Waals surface area contributed by atoms with E-state index in [4.69, 9.17) is 16.9 Å². The van der Waals surface area contributed by atoms with Crippen molar-refractivity contribution in [1.82, 2.24) is 10.3 Å². The molecule has 0 aliphatic heterocycles. The number of nitrogens with one attached hydrogen (secondary N) is 2. The normalized spacial score (nSPS) is 11.6. The molecule has 2 rings (SSSR count). The highest BCUT2D eigenvalue weighted by Crippen LogP contribution is 2.17. The topological polar surface area (TPSA) is 85.8 Å². The van der Waals surface area contributed by atoms with Crippen LogP contribution in [0, 0.1) is 25.2 Å². The van der Waals surface area contributed by atoms with Crippen LogP contribution in [0.3, 0.4) is 0 Å². The Balaban J connectivity index is 2.04. The van der Waals surface area contributed by atoms with Crippen LogP contribution in [0.4, 0.5) is 0 Å². The Kier molecular flexibility index (Phi) is 6.00. The van der Waals surface area contributed by atoms with Gasteiger partial charge in [0.1, 0.15) is 11.6 Å².